The second-order valence-corrected chi connectivity index (χ2v) is 5.51. The molecule has 0 aliphatic carbocycles. The second-order valence-electron chi connectivity index (χ2n) is 4.66. The Kier molecular flexibility index (Phi) is 6.16. The Morgan fingerprint density at radius 1 is 1.17 bits per heavy atom. The van der Waals surface area contributed by atoms with Crippen molar-refractivity contribution < 1.29 is 19.1 Å². The van der Waals surface area contributed by atoms with Crippen LogP contribution in [-0.2, 0) is 4.79 Å². The molecule has 2 rings (SSSR count). The van der Waals surface area contributed by atoms with Gasteiger partial charge in [0.1, 0.15) is 11.5 Å². The lowest BCUT2D eigenvalue weighted by Gasteiger charge is -2.11. The molecule has 0 atom stereocenters. The Hall–Kier alpha value is -2.58. The van der Waals surface area contributed by atoms with Gasteiger partial charge in [0.05, 0.1) is 17.3 Å². The summed E-state index contributed by atoms with van der Waals surface area (Å²) in [4.78, 5) is 23.4. The molecule has 0 heterocycles. The van der Waals surface area contributed by atoms with E-state index in [1.807, 2.05) is 5.43 Å². The number of rotatable bonds is 6. The zero-order valence-electron chi connectivity index (χ0n) is 12.8. The number of amides is 2. The monoisotopic (exact) mass is 393 g/mol. The smallest absolute Gasteiger partial charge is 0.265 e. The number of carbonyl (C=O) groups excluding carboxylic acids is 2. The summed E-state index contributed by atoms with van der Waals surface area (Å²) >= 11 is 3.29. The van der Waals surface area contributed by atoms with Crippen LogP contribution in [0.1, 0.15) is 10.4 Å². The lowest BCUT2D eigenvalue weighted by atomic mass is 10.2. The summed E-state index contributed by atoms with van der Waals surface area (Å²) in [5.74, 6) is 5.31. The predicted molar refractivity (Wildman–Crippen MR) is 92.9 cm³/mol. The number of para-hydroxylation sites is 2. The van der Waals surface area contributed by atoms with Crippen molar-refractivity contribution in [3.8, 4) is 11.5 Å². The molecule has 0 saturated carbocycles. The first-order valence-electron chi connectivity index (χ1n) is 6.91. The van der Waals surface area contributed by atoms with E-state index < -0.39 is 5.91 Å². The first-order chi connectivity index (χ1) is 11.5. The van der Waals surface area contributed by atoms with E-state index in [1.54, 1.807) is 42.5 Å². The van der Waals surface area contributed by atoms with Gasteiger partial charge in [-0.1, -0.05) is 12.1 Å². The predicted octanol–water partition coefficient (Wildman–Crippen LogP) is 2.08. The van der Waals surface area contributed by atoms with E-state index in [9.17, 15) is 9.59 Å². The normalized spacial score (nSPS) is 9.96. The van der Waals surface area contributed by atoms with E-state index in [-0.39, 0.29) is 12.5 Å². The lowest BCUT2D eigenvalue weighted by Crippen LogP contribution is -2.29. The highest BCUT2D eigenvalue weighted by Crippen LogP contribution is 2.26. The van der Waals surface area contributed by atoms with Crippen LogP contribution >= 0.6 is 15.9 Å². The average molecular weight is 394 g/mol. The van der Waals surface area contributed by atoms with Crippen molar-refractivity contribution in [1.82, 2.24) is 5.43 Å². The number of hydrogen-bond donors (Lipinski definition) is 3. The fourth-order valence-corrected chi connectivity index (χ4v) is 2.41. The molecule has 8 heteroatoms. The van der Waals surface area contributed by atoms with Crippen LogP contribution in [0.25, 0.3) is 0 Å². The number of hydrazine groups is 1. The van der Waals surface area contributed by atoms with Gasteiger partial charge in [-0.25, -0.2) is 5.84 Å². The minimum Gasteiger partial charge on any atom is -0.495 e. The van der Waals surface area contributed by atoms with Crippen LogP contribution in [0.15, 0.2) is 46.9 Å². The molecule has 0 aliphatic rings. The zero-order chi connectivity index (χ0) is 17.5. The van der Waals surface area contributed by atoms with E-state index in [0.29, 0.717) is 27.2 Å². The number of carbonyl (C=O) groups is 2. The molecule has 0 aliphatic heterocycles. The minimum absolute atomic E-state index is 0.195. The zero-order valence-corrected chi connectivity index (χ0v) is 14.4. The molecule has 7 nitrogen and oxygen atoms in total. The number of hydrogen-bond acceptors (Lipinski definition) is 5. The van der Waals surface area contributed by atoms with Crippen molar-refractivity contribution in [3.05, 3.63) is 52.5 Å². The molecule has 0 radical (unpaired) electrons. The first kappa shape index (κ1) is 17.8. The van der Waals surface area contributed by atoms with Crippen molar-refractivity contribution in [2.45, 2.75) is 0 Å². The maximum absolute atomic E-state index is 12.0. The summed E-state index contributed by atoms with van der Waals surface area (Å²) in [5.41, 5.74) is 2.97. The first-order valence-corrected chi connectivity index (χ1v) is 7.70. The Morgan fingerprint density at radius 3 is 2.58 bits per heavy atom. The number of nitrogens with one attached hydrogen (secondary N) is 2. The molecule has 0 aromatic heterocycles. The lowest BCUT2D eigenvalue weighted by molar-refractivity contribution is -0.118. The highest BCUT2D eigenvalue weighted by atomic mass is 79.9. The number of benzene rings is 2. The third-order valence-electron chi connectivity index (χ3n) is 3.06. The molecule has 24 heavy (non-hydrogen) atoms. The Labute approximate surface area is 147 Å². The Bertz CT molecular complexity index is 752. The Morgan fingerprint density at radius 2 is 1.92 bits per heavy atom. The topological polar surface area (TPSA) is 103 Å². The van der Waals surface area contributed by atoms with Gasteiger partial charge in [-0.15, -0.1) is 0 Å². The van der Waals surface area contributed by atoms with Gasteiger partial charge in [0, 0.05) is 5.56 Å². The molecule has 2 aromatic rings. The van der Waals surface area contributed by atoms with Gasteiger partial charge in [-0.05, 0) is 46.3 Å². The number of ether oxygens (including phenoxy) is 2. The van der Waals surface area contributed by atoms with Crippen molar-refractivity contribution in [2.24, 2.45) is 5.84 Å². The summed E-state index contributed by atoms with van der Waals surface area (Å²) < 4.78 is 11.1. The van der Waals surface area contributed by atoms with Crippen LogP contribution in [0.4, 0.5) is 5.69 Å². The number of nitrogen functional groups attached to an aromatic ring is 1. The average Bonchev–Trinajstić information content (AvgIpc) is 2.60. The van der Waals surface area contributed by atoms with Gasteiger partial charge < -0.3 is 14.8 Å². The molecule has 4 N–H and O–H groups in total. The second kappa shape index (κ2) is 8.32. The van der Waals surface area contributed by atoms with E-state index >= 15 is 0 Å². The summed E-state index contributed by atoms with van der Waals surface area (Å²) in [6.07, 6.45) is 0. The van der Waals surface area contributed by atoms with Crippen LogP contribution in [0.5, 0.6) is 11.5 Å². The van der Waals surface area contributed by atoms with Gasteiger partial charge in [-0.3, -0.25) is 15.0 Å². The summed E-state index contributed by atoms with van der Waals surface area (Å²) in [7, 11) is 1.53. The third kappa shape index (κ3) is 4.46. The molecule has 2 amide bonds. The molecule has 0 saturated heterocycles. The van der Waals surface area contributed by atoms with Gasteiger partial charge >= 0.3 is 0 Å². The van der Waals surface area contributed by atoms with E-state index in [0.717, 1.165) is 0 Å². The van der Waals surface area contributed by atoms with Gasteiger partial charge in [-0.2, -0.15) is 0 Å². The SMILES string of the molecule is COc1ccccc1NC(=O)COc1ccc(C(=O)NN)cc1Br. The molecule has 0 fully saturated rings. The van der Waals surface area contributed by atoms with E-state index in [2.05, 4.69) is 21.2 Å². The van der Waals surface area contributed by atoms with Gasteiger partial charge in [0.25, 0.3) is 11.8 Å². The van der Waals surface area contributed by atoms with Crippen molar-refractivity contribution in [3.63, 3.8) is 0 Å². The fraction of sp³-hybridized carbons (Fsp3) is 0.125. The molecule has 126 valence electrons. The standard InChI is InChI=1S/C16H16BrN3O4/c1-23-14-5-3-2-4-12(14)19-15(21)9-24-13-7-6-10(8-11(13)17)16(22)20-18/h2-8H,9,18H2,1H3,(H,19,21)(H,20,22). The van der Waals surface area contributed by atoms with E-state index in [4.69, 9.17) is 15.3 Å². The maximum Gasteiger partial charge on any atom is 0.265 e. The highest BCUT2D eigenvalue weighted by Gasteiger charge is 2.11. The molecular formula is C16H16BrN3O4. The van der Waals surface area contributed by atoms with Gasteiger partial charge in [0.15, 0.2) is 6.61 Å². The third-order valence-corrected chi connectivity index (χ3v) is 3.68. The van der Waals surface area contributed by atoms with Crippen molar-refractivity contribution >= 4 is 33.4 Å². The quantitative estimate of drug-likeness (QED) is 0.396. The van der Waals surface area contributed by atoms with Crippen LogP contribution in [0, 0.1) is 0 Å². The number of anilines is 1. The van der Waals surface area contributed by atoms with Crippen LogP contribution < -0.4 is 26.1 Å². The fourth-order valence-electron chi connectivity index (χ4n) is 1.92. The summed E-state index contributed by atoms with van der Waals surface area (Å²) in [5, 5.41) is 2.71. The van der Waals surface area contributed by atoms with Gasteiger partial charge in [0.2, 0.25) is 0 Å². The Balaban J connectivity index is 1.98. The number of halogens is 1. The molecule has 2 aromatic carbocycles. The van der Waals surface area contributed by atoms with Crippen molar-refractivity contribution in [1.29, 1.82) is 0 Å². The summed E-state index contributed by atoms with van der Waals surface area (Å²) in [6.45, 7) is -0.195. The highest BCUT2D eigenvalue weighted by molar-refractivity contribution is 9.10. The summed E-state index contributed by atoms with van der Waals surface area (Å²) in [6, 6.07) is 11.7. The molecule has 0 bridgehead atoms. The van der Waals surface area contributed by atoms with Crippen molar-refractivity contribution in [2.75, 3.05) is 19.0 Å². The number of methoxy groups -OCH3 is 1. The largest absolute Gasteiger partial charge is 0.495 e. The van der Waals surface area contributed by atoms with Crippen LogP contribution in [0.2, 0.25) is 0 Å². The maximum atomic E-state index is 12.0. The molecule has 0 unspecified atom stereocenters. The van der Waals surface area contributed by atoms with Crippen LogP contribution in [0.3, 0.4) is 0 Å². The van der Waals surface area contributed by atoms with Crippen LogP contribution in [-0.4, -0.2) is 25.5 Å². The minimum atomic E-state index is -0.420. The van der Waals surface area contributed by atoms with E-state index in [1.165, 1.54) is 7.11 Å². The molecular weight excluding hydrogens is 378 g/mol. The number of nitrogens with two attached hydrogens (primary N) is 1. The molecule has 0 spiro atoms.